The molecule has 30 heavy (non-hydrogen) atoms. The number of methoxy groups -OCH3 is 1. The average Bonchev–Trinajstić information content (AvgIpc) is 3.47. The Hall–Kier alpha value is -2.70. The number of aliphatic imine (C=N–C) groups is 1. The lowest BCUT2D eigenvalue weighted by molar-refractivity contribution is 0.188. The maximum Gasteiger partial charge on any atom is 0.193 e. The summed E-state index contributed by atoms with van der Waals surface area (Å²) in [6, 6.07) is 8.74. The van der Waals surface area contributed by atoms with Crippen molar-refractivity contribution in [3.05, 3.63) is 43.0 Å². The number of nitrogens with zero attached hydrogens (tertiary/aromatic N) is 5. The van der Waals surface area contributed by atoms with E-state index in [0.29, 0.717) is 17.9 Å². The SMILES string of the molecule is CN=C(NCC1CCN(c2ccccc2OC)C1)N1CCC(C)C(n2ccnc2)C1. The van der Waals surface area contributed by atoms with E-state index in [4.69, 9.17) is 4.74 Å². The number of ether oxygens (including phenoxy) is 1. The molecule has 162 valence electrons. The molecular weight excluding hydrogens is 376 g/mol. The fourth-order valence-electron chi connectivity index (χ4n) is 4.77. The highest BCUT2D eigenvalue weighted by atomic mass is 16.5. The normalized spacial score (nSPS) is 24.9. The minimum absolute atomic E-state index is 0.437. The second-order valence-electron chi connectivity index (χ2n) is 8.49. The van der Waals surface area contributed by atoms with Gasteiger partial charge in [0.1, 0.15) is 5.75 Å². The number of hydrogen-bond donors (Lipinski definition) is 1. The number of benzene rings is 1. The molecule has 0 spiro atoms. The Balaban J connectivity index is 1.33. The van der Waals surface area contributed by atoms with E-state index in [1.807, 2.05) is 31.7 Å². The topological polar surface area (TPSA) is 57.9 Å². The highest BCUT2D eigenvalue weighted by Crippen LogP contribution is 2.32. The molecule has 2 saturated heterocycles. The van der Waals surface area contributed by atoms with Gasteiger partial charge in [0.05, 0.1) is 25.2 Å². The zero-order valence-corrected chi connectivity index (χ0v) is 18.4. The Morgan fingerprint density at radius 2 is 2.10 bits per heavy atom. The predicted molar refractivity (Wildman–Crippen MR) is 121 cm³/mol. The van der Waals surface area contributed by atoms with Crippen molar-refractivity contribution in [1.29, 1.82) is 0 Å². The van der Waals surface area contributed by atoms with E-state index in [0.717, 1.165) is 50.9 Å². The molecule has 0 amide bonds. The van der Waals surface area contributed by atoms with Crippen molar-refractivity contribution in [3.63, 3.8) is 0 Å². The first kappa shape index (κ1) is 20.6. The Bertz CT molecular complexity index is 836. The molecule has 2 aromatic rings. The molecule has 7 nitrogen and oxygen atoms in total. The van der Waals surface area contributed by atoms with E-state index in [9.17, 15) is 0 Å². The molecule has 4 rings (SSSR count). The number of rotatable bonds is 5. The highest BCUT2D eigenvalue weighted by Gasteiger charge is 2.30. The van der Waals surface area contributed by atoms with Gasteiger partial charge >= 0.3 is 0 Å². The lowest BCUT2D eigenvalue weighted by atomic mass is 9.93. The van der Waals surface area contributed by atoms with Crippen molar-refractivity contribution < 1.29 is 4.74 Å². The number of aromatic nitrogens is 2. The second-order valence-corrected chi connectivity index (χ2v) is 8.49. The van der Waals surface area contributed by atoms with Gasteiger partial charge in [0.25, 0.3) is 0 Å². The zero-order valence-electron chi connectivity index (χ0n) is 18.4. The van der Waals surface area contributed by atoms with Crippen LogP contribution in [-0.2, 0) is 0 Å². The predicted octanol–water partition coefficient (Wildman–Crippen LogP) is 2.88. The van der Waals surface area contributed by atoms with Gasteiger partial charge in [0, 0.05) is 52.2 Å². The van der Waals surface area contributed by atoms with Crippen molar-refractivity contribution in [2.45, 2.75) is 25.8 Å². The highest BCUT2D eigenvalue weighted by molar-refractivity contribution is 5.80. The minimum atomic E-state index is 0.437. The van der Waals surface area contributed by atoms with Crippen LogP contribution in [0.5, 0.6) is 5.75 Å². The Labute approximate surface area is 179 Å². The molecule has 2 aliphatic heterocycles. The molecule has 0 bridgehead atoms. The largest absolute Gasteiger partial charge is 0.495 e. The minimum Gasteiger partial charge on any atom is -0.495 e. The maximum atomic E-state index is 5.55. The number of anilines is 1. The Morgan fingerprint density at radius 1 is 1.23 bits per heavy atom. The van der Waals surface area contributed by atoms with Crippen LogP contribution in [0.4, 0.5) is 5.69 Å². The van der Waals surface area contributed by atoms with Crippen LogP contribution in [0.25, 0.3) is 0 Å². The number of piperidine rings is 1. The van der Waals surface area contributed by atoms with Gasteiger partial charge in [-0.2, -0.15) is 0 Å². The third-order valence-electron chi connectivity index (χ3n) is 6.60. The zero-order chi connectivity index (χ0) is 20.9. The first-order valence-electron chi connectivity index (χ1n) is 11.0. The summed E-state index contributed by atoms with van der Waals surface area (Å²) in [6.07, 6.45) is 8.22. The second kappa shape index (κ2) is 9.41. The van der Waals surface area contributed by atoms with Crippen molar-refractivity contribution in [3.8, 4) is 5.75 Å². The number of imidazole rings is 1. The van der Waals surface area contributed by atoms with Crippen molar-refractivity contribution in [2.75, 3.05) is 51.8 Å². The number of likely N-dealkylation sites (tertiary alicyclic amines) is 1. The summed E-state index contributed by atoms with van der Waals surface area (Å²) in [5, 5.41) is 3.66. The molecule has 3 atom stereocenters. The van der Waals surface area contributed by atoms with Crippen molar-refractivity contribution in [2.24, 2.45) is 16.8 Å². The van der Waals surface area contributed by atoms with E-state index in [1.165, 1.54) is 12.1 Å². The molecule has 3 unspecified atom stereocenters. The monoisotopic (exact) mass is 410 g/mol. The summed E-state index contributed by atoms with van der Waals surface area (Å²) in [5.41, 5.74) is 1.19. The third-order valence-corrected chi connectivity index (χ3v) is 6.60. The van der Waals surface area contributed by atoms with Gasteiger partial charge in [0.15, 0.2) is 5.96 Å². The van der Waals surface area contributed by atoms with E-state index in [2.05, 4.69) is 54.9 Å². The van der Waals surface area contributed by atoms with Crippen molar-refractivity contribution >= 4 is 11.6 Å². The van der Waals surface area contributed by atoms with Gasteiger partial charge in [0.2, 0.25) is 0 Å². The number of hydrogen-bond acceptors (Lipinski definition) is 4. The summed E-state index contributed by atoms with van der Waals surface area (Å²) < 4.78 is 7.79. The van der Waals surface area contributed by atoms with E-state index >= 15 is 0 Å². The fraction of sp³-hybridized carbons (Fsp3) is 0.565. The maximum absolute atomic E-state index is 5.55. The quantitative estimate of drug-likeness (QED) is 0.607. The molecule has 1 N–H and O–H groups in total. The van der Waals surface area contributed by atoms with Crippen molar-refractivity contribution in [1.82, 2.24) is 19.8 Å². The van der Waals surface area contributed by atoms with Crippen LogP contribution in [0.15, 0.2) is 48.0 Å². The van der Waals surface area contributed by atoms with E-state index < -0.39 is 0 Å². The third kappa shape index (κ3) is 4.40. The Kier molecular flexibility index (Phi) is 6.45. The van der Waals surface area contributed by atoms with Gasteiger partial charge in [-0.15, -0.1) is 0 Å². The van der Waals surface area contributed by atoms with Crippen LogP contribution >= 0.6 is 0 Å². The summed E-state index contributed by atoms with van der Waals surface area (Å²) in [4.78, 5) is 13.7. The van der Waals surface area contributed by atoms with Gasteiger partial charge in [-0.05, 0) is 36.8 Å². The summed E-state index contributed by atoms with van der Waals surface area (Å²) in [5.74, 6) is 3.20. The molecular formula is C23H34N6O. The first-order valence-corrected chi connectivity index (χ1v) is 11.0. The lowest BCUT2D eigenvalue weighted by Crippen LogP contribution is -2.49. The Morgan fingerprint density at radius 3 is 2.87 bits per heavy atom. The smallest absolute Gasteiger partial charge is 0.193 e. The van der Waals surface area contributed by atoms with Crippen LogP contribution in [-0.4, -0.2) is 67.3 Å². The molecule has 1 aromatic carbocycles. The number of guanidine groups is 1. The molecule has 3 heterocycles. The molecule has 7 heteroatoms. The van der Waals surface area contributed by atoms with Crippen LogP contribution in [0.1, 0.15) is 25.8 Å². The van der Waals surface area contributed by atoms with Gasteiger partial charge in [-0.3, -0.25) is 4.99 Å². The molecule has 0 aliphatic carbocycles. The van der Waals surface area contributed by atoms with Crippen LogP contribution in [0, 0.1) is 11.8 Å². The van der Waals surface area contributed by atoms with Gasteiger partial charge in [-0.25, -0.2) is 4.98 Å². The number of nitrogens with one attached hydrogen (secondary N) is 1. The standard InChI is InChI=1S/C23H34N6O/c1-18-8-11-28(16-21(18)29-13-10-25-17-29)23(24-2)26-14-19-9-12-27(15-19)20-6-4-5-7-22(20)30-3/h4-7,10,13,17-19,21H,8-9,11-12,14-16H2,1-3H3,(H,24,26). The molecule has 0 saturated carbocycles. The van der Waals surface area contributed by atoms with Crippen LogP contribution in [0.3, 0.4) is 0 Å². The fourth-order valence-corrected chi connectivity index (χ4v) is 4.77. The molecule has 2 fully saturated rings. The average molecular weight is 411 g/mol. The van der Waals surface area contributed by atoms with Crippen LogP contribution < -0.4 is 15.0 Å². The van der Waals surface area contributed by atoms with Crippen LogP contribution in [0.2, 0.25) is 0 Å². The van der Waals surface area contributed by atoms with E-state index in [-0.39, 0.29) is 0 Å². The molecule has 0 radical (unpaired) electrons. The number of para-hydroxylation sites is 2. The summed E-state index contributed by atoms with van der Waals surface area (Å²) >= 11 is 0. The van der Waals surface area contributed by atoms with Gasteiger partial charge in [-0.1, -0.05) is 19.1 Å². The first-order chi connectivity index (χ1) is 14.7. The lowest BCUT2D eigenvalue weighted by Gasteiger charge is -2.39. The van der Waals surface area contributed by atoms with E-state index in [1.54, 1.807) is 7.11 Å². The van der Waals surface area contributed by atoms with Gasteiger partial charge < -0.3 is 24.4 Å². The summed E-state index contributed by atoms with van der Waals surface area (Å²) in [7, 11) is 3.64. The summed E-state index contributed by atoms with van der Waals surface area (Å²) in [6.45, 7) is 7.40. The molecule has 1 aromatic heterocycles. The molecule has 2 aliphatic rings.